The summed E-state index contributed by atoms with van der Waals surface area (Å²) in [6, 6.07) is 0. The first-order chi connectivity index (χ1) is 10.3. The summed E-state index contributed by atoms with van der Waals surface area (Å²) >= 11 is 0. The largest absolute Gasteiger partial charge is 0.389 e. The van der Waals surface area contributed by atoms with Gasteiger partial charge < -0.3 is 14.7 Å². The van der Waals surface area contributed by atoms with Gasteiger partial charge in [0.25, 0.3) is 0 Å². The van der Waals surface area contributed by atoms with Gasteiger partial charge in [-0.1, -0.05) is 20.8 Å². The molecule has 4 heteroatoms. The number of aliphatic hydroxyl groups is 1. The summed E-state index contributed by atoms with van der Waals surface area (Å²) in [6.45, 7) is 12.8. The molecule has 2 bridgehead atoms. The van der Waals surface area contributed by atoms with Gasteiger partial charge in [-0.2, -0.15) is 0 Å². The lowest BCUT2D eigenvalue weighted by molar-refractivity contribution is -0.0804. The van der Waals surface area contributed by atoms with Crippen molar-refractivity contribution in [2.45, 2.75) is 52.2 Å². The van der Waals surface area contributed by atoms with E-state index in [-0.39, 0.29) is 6.10 Å². The Kier molecular flexibility index (Phi) is 4.59. The van der Waals surface area contributed by atoms with Gasteiger partial charge in [-0.25, -0.2) is 0 Å². The molecule has 0 aromatic rings. The molecule has 0 radical (unpaired) electrons. The molecule has 1 heterocycles. The predicted octanol–water partition coefficient (Wildman–Crippen LogP) is 1.83. The van der Waals surface area contributed by atoms with Crippen molar-refractivity contribution in [2.24, 2.45) is 16.7 Å². The van der Waals surface area contributed by atoms with Crippen molar-refractivity contribution in [3.63, 3.8) is 0 Å². The van der Waals surface area contributed by atoms with Crippen LogP contribution in [-0.2, 0) is 4.74 Å². The van der Waals surface area contributed by atoms with Gasteiger partial charge >= 0.3 is 0 Å². The van der Waals surface area contributed by atoms with E-state index in [1.807, 2.05) is 0 Å². The quantitative estimate of drug-likeness (QED) is 0.840. The maximum Gasteiger partial charge on any atom is 0.0900 e. The van der Waals surface area contributed by atoms with Crippen LogP contribution in [-0.4, -0.2) is 73.5 Å². The summed E-state index contributed by atoms with van der Waals surface area (Å²) in [7, 11) is 2.16. The Labute approximate surface area is 135 Å². The fourth-order valence-electron chi connectivity index (χ4n) is 4.99. The number of hydrogen-bond donors (Lipinski definition) is 1. The van der Waals surface area contributed by atoms with Crippen molar-refractivity contribution < 1.29 is 9.84 Å². The molecule has 0 aromatic carbocycles. The van der Waals surface area contributed by atoms with Crippen LogP contribution in [0.25, 0.3) is 0 Å². The van der Waals surface area contributed by atoms with E-state index >= 15 is 0 Å². The van der Waals surface area contributed by atoms with Gasteiger partial charge in [-0.05, 0) is 43.1 Å². The zero-order chi connectivity index (χ0) is 16.0. The van der Waals surface area contributed by atoms with Crippen LogP contribution in [0.15, 0.2) is 0 Å². The maximum atomic E-state index is 10.3. The van der Waals surface area contributed by atoms with Crippen molar-refractivity contribution in [1.82, 2.24) is 9.80 Å². The zero-order valence-electron chi connectivity index (χ0n) is 14.8. The highest BCUT2D eigenvalue weighted by atomic mass is 16.5. The van der Waals surface area contributed by atoms with Crippen LogP contribution in [0.5, 0.6) is 0 Å². The monoisotopic (exact) mass is 310 g/mol. The minimum absolute atomic E-state index is 0.297. The van der Waals surface area contributed by atoms with Crippen LogP contribution < -0.4 is 0 Å². The van der Waals surface area contributed by atoms with E-state index in [0.29, 0.717) is 23.5 Å². The third-order valence-electron chi connectivity index (χ3n) is 7.27. The molecule has 1 N–H and O–H groups in total. The lowest BCUT2D eigenvalue weighted by Crippen LogP contribution is -2.48. The molecule has 1 aliphatic heterocycles. The van der Waals surface area contributed by atoms with E-state index < -0.39 is 0 Å². The summed E-state index contributed by atoms with van der Waals surface area (Å²) in [5, 5.41) is 10.3. The molecule has 0 unspecified atom stereocenters. The number of hydrogen-bond acceptors (Lipinski definition) is 4. The topological polar surface area (TPSA) is 35.9 Å². The Morgan fingerprint density at radius 3 is 2.41 bits per heavy atom. The van der Waals surface area contributed by atoms with Crippen molar-refractivity contribution in [3.05, 3.63) is 0 Å². The number of fused-ring (bicyclic) bond motifs is 2. The molecule has 0 spiro atoms. The second-order valence-electron chi connectivity index (χ2n) is 8.69. The second-order valence-corrected chi connectivity index (χ2v) is 8.69. The lowest BCUT2D eigenvalue weighted by atomic mass is 9.70. The molecule has 4 atom stereocenters. The van der Waals surface area contributed by atoms with Gasteiger partial charge in [0.2, 0.25) is 0 Å². The van der Waals surface area contributed by atoms with Crippen LogP contribution in [0.1, 0.15) is 40.0 Å². The number of aliphatic hydroxyl groups excluding tert-OH is 1. The molecule has 1 saturated heterocycles. The van der Waals surface area contributed by atoms with E-state index in [1.165, 1.54) is 19.3 Å². The molecule has 4 nitrogen and oxygen atoms in total. The summed E-state index contributed by atoms with van der Waals surface area (Å²) < 4.78 is 6.21. The van der Waals surface area contributed by atoms with E-state index in [9.17, 15) is 5.11 Å². The highest BCUT2D eigenvalue weighted by Gasteiger charge is 2.61. The van der Waals surface area contributed by atoms with E-state index in [4.69, 9.17) is 4.74 Å². The van der Waals surface area contributed by atoms with Gasteiger partial charge in [0.05, 0.1) is 18.8 Å². The van der Waals surface area contributed by atoms with Gasteiger partial charge in [0, 0.05) is 32.7 Å². The highest BCUT2D eigenvalue weighted by molar-refractivity contribution is 5.11. The zero-order valence-corrected chi connectivity index (χ0v) is 14.8. The number of β-amino-alcohol motifs (C(OH)–C–C–N with tert-alkyl or cyclic N) is 1. The van der Waals surface area contributed by atoms with E-state index in [2.05, 4.69) is 37.6 Å². The Morgan fingerprint density at radius 1 is 1.18 bits per heavy atom. The van der Waals surface area contributed by atoms with Crippen LogP contribution in [0, 0.1) is 16.7 Å². The molecule has 2 aliphatic carbocycles. The van der Waals surface area contributed by atoms with Crippen LogP contribution >= 0.6 is 0 Å². The molecule has 2 saturated carbocycles. The molecule has 0 amide bonds. The molecule has 3 fully saturated rings. The SMILES string of the molecule is CN1CCN(C[C@@H](O)CO[C@@H]2C[C@H]3CC[C@]2(C)C3(C)C)CC1. The molecular formula is C18H34N2O2. The summed E-state index contributed by atoms with van der Waals surface area (Å²) in [4.78, 5) is 4.71. The molecule has 128 valence electrons. The van der Waals surface area contributed by atoms with Crippen molar-refractivity contribution >= 4 is 0 Å². The number of likely N-dealkylation sites (N-methyl/N-ethyl adjacent to an activating group) is 1. The average molecular weight is 310 g/mol. The molecule has 3 rings (SSSR count). The lowest BCUT2D eigenvalue weighted by Gasteiger charge is -2.39. The third kappa shape index (κ3) is 2.83. The maximum absolute atomic E-state index is 10.3. The normalized spacial score (nSPS) is 40.2. The van der Waals surface area contributed by atoms with E-state index in [0.717, 1.165) is 38.6 Å². The van der Waals surface area contributed by atoms with Crippen molar-refractivity contribution in [2.75, 3.05) is 46.4 Å². The molecule has 22 heavy (non-hydrogen) atoms. The molecule has 3 aliphatic rings. The Morgan fingerprint density at radius 2 is 1.86 bits per heavy atom. The van der Waals surface area contributed by atoms with E-state index in [1.54, 1.807) is 0 Å². The summed E-state index contributed by atoms with van der Waals surface area (Å²) in [5.41, 5.74) is 0.686. The number of nitrogens with zero attached hydrogens (tertiary/aromatic N) is 2. The van der Waals surface area contributed by atoms with Gasteiger partial charge in [-0.3, -0.25) is 4.90 Å². The van der Waals surface area contributed by atoms with Crippen LogP contribution in [0.4, 0.5) is 0 Å². The predicted molar refractivity (Wildman–Crippen MR) is 88.9 cm³/mol. The summed E-state index contributed by atoms with van der Waals surface area (Å²) in [5.74, 6) is 0.803. The van der Waals surface area contributed by atoms with Crippen LogP contribution in [0.2, 0.25) is 0 Å². The fourth-order valence-corrected chi connectivity index (χ4v) is 4.99. The van der Waals surface area contributed by atoms with Crippen LogP contribution in [0.3, 0.4) is 0 Å². The highest BCUT2D eigenvalue weighted by Crippen LogP contribution is 2.66. The Bertz CT molecular complexity index is 393. The first-order valence-electron chi connectivity index (χ1n) is 9.03. The first-order valence-corrected chi connectivity index (χ1v) is 9.03. The van der Waals surface area contributed by atoms with Gasteiger partial charge in [0.1, 0.15) is 0 Å². The fraction of sp³-hybridized carbons (Fsp3) is 1.00. The first kappa shape index (κ1) is 16.7. The Hall–Kier alpha value is -0.160. The van der Waals surface area contributed by atoms with Crippen molar-refractivity contribution in [1.29, 1.82) is 0 Å². The number of piperazine rings is 1. The number of rotatable bonds is 5. The van der Waals surface area contributed by atoms with Gasteiger partial charge in [0.15, 0.2) is 0 Å². The van der Waals surface area contributed by atoms with Crippen molar-refractivity contribution in [3.8, 4) is 0 Å². The molecular weight excluding hydrogens is 276 g/mol. The minimum atomic E-state index is -0.353. The second kappa shape index (κ2) is 6.04. The molecule has 0 aromatic heterocycles. The summed E-state index contributed by atoms with van der Waals surface area (Å²) in [6.07, 6.45) is 3.81. The minimum Gasteiger partial charge on any atom is -0.389 e. The number of ether oxygens (including phenoxy) is 1. The average Bonchev–Trinajstić information content (AvgIpc) is 2.80. The Balaban J connectivity index is 1.45. The standard InChI is InChI=1S/C18H34N2O2/c1-17(2)14-5-6-18(17,3)16(11-14)22-13-15(21)12-20-9-7-19(4)8-10-20/h14-16,21H,5-13H2,1-4H3/t14-,15-,16-,18+/m1/s1. The third-order valence-corrected chi connectivity index (χ3v) is 7.27. The van der Waals surface area contributed by atoms with Gasteiger partial charge in [-0.15, -0.1) is 0 Å². The smallest absolute Gasteiger partial charge is 0.0900 e.